The van der Waals surface area contributed by atoms with Crippen molar-refractivity contribution in [3.63, 3.8) is 0 Å². The zero-order chi connectivity index (χ0) is 30.2. The van der Waals surface area contributed by atoms with Crippen LogP contribution in [0, 0.1) is 13.8 Å². The molecule has 3 rings (SSSR count). The van der Waals surface area contributed by atoms with Gasteiger partial charge in [-0.2, -0.15) is 0 Å². The molecule has 41 heavy (non-hydrogen) atoms. The first-order valence-electron chi connectivity index (χ1n) is 13.6. The van der Waals surface area contributed by atoms with Gasteiger partial charge >= 0.3 is 0 Å². The Bertz CT molecular complexity index is 1460. The summed E-state index contributed by atoms with van der Waals surface area (Å²) in [6, 6.07) is 17.5. The summed E-state index contributed by atoms with van der Waals surface area (Å²) >= 11 is 6.02. The third kappa shape index (κ3) is 8.01. The van der Waals surface area contributed by atoms with E-state index in [0.717, 1.165) is 27.4 Å². The molecule has 1 unspecified atom stereocenters. The molecule has 8 nitrogen and oxygen atoms in total. The van der Waals surface area contributed by atoms with Crippen molar-refractivity contribution >= 4 is 39.1 Å². The summed E-state index contributed by atoms with van der Waals surface area (Å²) in [5.74, 6) is -0.188. The maximum Gasteiger partial charge on any atom is 0.264 e. The van der Waals surface area contributed by atoms with Crippen LogP contribution in [0.4, 0.5) is 5.69 Å². The minimum Gasteiger partial charge on any atom is -0.497 e. The van der Waals surface area contributed by atoms with Gasteiger partial charge in [-0.1, -0.05) is 43.6 Å². The Balaban J connectivity index is 2.08. The molecule has 3 aromatic rings. The molecule has 0 radical (unpaired) electrons. The fraction of sp³-hybridized carbons (Fsp3) is 0.355. The topological polar surface area (TPSA) is 96.0 Å². The van der Waals surface area contributed by atoms with E-state index in [2.05, 4.69) is 5.32 Å². The minimum absolute atomic E-state index is 0.00000386. The lowest BCUT2D eigenvalue weighted by Crippen LogP contribution is -2.52. The Kier molecular flexibility index (Phi) is 11.2. The molecule has 0 heterocycles. The number of anilines is 1. The van der Waals surface area contributed by atoms with Crippen molar-refractivity contribution in [1.29, 1.82) is 0 Å². The van der Waals surface area contributed by atoms with E-state index < -0.39 is 28.5 Å². The highest BCUT2D eigenvalue weighted by atomic mass is 35.5. The lowest BCUT2D eigenvalue weighted by molar-refractivity contribution is -0.140. The number of halogens is 1. The highest BCUT2D eigenvalue weighted by Crippen LogP contribution is 2.27. The molecule has 0 aromatic heterocycles. The summed E-state index contributed by atoms with van der Waals surface area (Å²) in [7, 11) is -2.62. The van der Waals surface area contributed by atoms with Gasteiger partial charge in [-0.3, -0.25) is 13.9 Å². The molecular formula is C31H38ClN3O5S. The van der Waals surface area contributed by atoms with Crippen LogP contribution in [0.15, 0.2) is 71.6 Å². The standard InChI is InChI=1S/C31H38ClN3O5S/c1-6-17-33-31(37)29(7-2)34(20-24-9-8-10-27(19-24)40-5)30(36)21-35(26-14-11-22(3)23(4)18-26)41(38,39)28-15-12-25(32)13-16-28/h8-16,18-19,29H,6-7,17,20-21H2,1-5H3,(H,33,37). The molecule has 0 aliphatic carbocycles. The summed E-state index contributed by atoms with van der Waals surface area (Å²) < 4.78 is 34.4. The average molecular weight is 600 g/mol. The predicted octanol–water partition coefficient (Wildman–Crippen LogP) is 5.49. The van der Waals surface area contributed by atoms with Crippen LogP contribution in [0.5, 0.6) is 5.75 Å². The van der Waals surface area contributed by atoms with E-state index in [1.165, 1.54) is 29.2 Å². The van der Waals surface area contributed by atoms with E-state index in [1.54, 1.807) is 37.4 Å². The van der Waals surface area contributed by atoms with Crippen LogP contribution in [-0.4, -0.2) is 51.4 Å². The molecule has 0 bridgehead atoms. The Labute approximate surface area is 248 Å². The van der Waals surface area contributed by atoms with E-state index in [9.17, 15) is 18.0 Å². The van der Waals surface area contributed by atoms with Crippen LogP contribution in [0.1, 0.15) is 43.4 Å². The molecule has 0 aliphatic rings. The van der Waals surface area contributed by atoms with Crippen LogP contribution >= 0.6 is 11.6 Å². The van der Waals surface area contributed by atoms with Crippen molar-refractivity contribution in [3.05, 3.63) is 88.4 Å². The Morgan fingerprint density at radius 1 is 0.976 bits per heavy atom. The number of carbonyl (C=O) groups is 2. The van der Waals surface area contributed by atoms with Crippen LogP contribution in [0.3, 0.4) is 0 Å². The molecule has 0 saturated heterocycles. The molecular weight excluding hydrogens is 562 g/mol. The van der Waals surface area contributed by atoms with Crippen molar-refractivity contribution in [1.82, 2.24) is 10.2 Å². The van der Waals surface area contributed by atoms with Crippen molar-refractivity contribution < 1.29 is 22.7 Å². The number of hydrogen-bond donors (Lipinski definition) is 1. The Morgan fingerprint density at radius 3 is 2.29 bits per heavy atom. The summed E-state index contributed by atoms with van der Waals surface area (Å²) in [5, 5.41) is 3.28. The van der Waals surface area contributed by atoms with Gasteiger partial charge in [0.15, 0.2) is 0 Å². The summed E-state index contributed by atoms with van der Waals surface area (Å²) in [4.78, 5) is 28.8. The van der Waals surface area contributed by atoms with E-state index in [1.807, 2.05) is 39.8 Å². The van der Waals surface area contributed by atoms with E-state index in [4.69, 9.17) is 16.3 Å². The Hall–Kier alpha value is -3.56. The zero-order valence-corrected chi connectivity index (χ0v) is 25.8. The lowest BCUT2D eigenvalue weighted by atomic mass is 10.1. The SMILES string of the molecule is CCCNC(=O)C(CC)N(Cc1cccc(OC)c1)C(=O)CN(c1ccc(C)c(C)c1)S(=O)(=O)c1ccc(Cl)cc1. The van der Waals surface area contributed by atoms with E-state index in [-0.39, 0.29) is 17.3 Å². The fourth-order valence-corrected chi connectivity index (χ4v) is 5.93. The number of aryl methyl sites for hydroxylation is 2. The van der Waals surface area contributed by atoms with Gasteiger partial charge in [-0.25, -0.2) is 8.42 Å². The first kappa shape index (κ1) is 32.0. The first-order valence-corrected chi connectivity index (χ1v) is 15.4. The summed E-state index contributed by atoms with van der Waals surface area (Å²) in [6.07, 6.45) is 1.09. The maximum absolute atomic E-state index is 14.1. The number of hydrogen-bond acceptors (Lipinski definition) is 5. The smallest absolute Gasteiger partial charge is 0.264 e. The van der Waals surface area contributed by atoms with Crippen molar-refractivity contribution in [3.8, 4) is 5.75 Å². The molecule has 1 N–H and O–H groups in total. The number of ether oxygens (including phenoxy) is 1. The number of nitrogens with one attached hydrogen (secondary N) is 1. The van der Waals surface area contributed by atoms with E-state index in [0.29, 0.717) is 29.4 Å². The average Bonchev–Trinajstić information content (AvgIpc) is 2.96. The van der Waals surface area contributed by atoms with Gasteiger partial charge in [0, 0.05) is 18.1 Å². The molecule has 220 valence electrons. The molecule has 10 heteroatoms. The van der Waals surface area contributed by atoms with E-state index >= 15 is 0 Å². The van der Waals surface area contributed by atoms with Crippen LogP contribution < -0.4 is 14.4 Å². The van der Waals surface area contributed by atoms with Gasteiger partial charge in [0.1, 0.15) is 18.3 Å². The highest BCUT2D eigenvalue weighted by Gasteiger charge is 2.33. The van der Waals surface area contributed by atoms with Gasteiger partial charge in [0.25, 0.3) is 10.0 Å². The van der Waals surface area contributed by atoms with Crippen molar-refractivity contribution in [2.24, 2.45) is 0 Å². The largest absolute Gasteiger partial charge is 0.497 e. The van der Waals surface area contributed by atoms with Gasteiger partial charge in [-0.15, -0.1) is 0 Å². The third-order valence-electron chi connectivity index (χ3n) is 6.88. The second-order valence-corrected chi connectivity index (χ2v) is 12.1. The van der Waals surface area contributed by atoms with Crippen LogP contribution in [-0.2, 0) is 26.2 Å². The second kappa shape index (κ2) is 14.4. The zero-order valence-electron chi connectivity index (χ0n) is 24.2. The van der Waals surface area contributed by atoms with Gasteiger partial charge in [0.05, 0.1) is 17.7 Å². The molecule has 1 atom stereocenters. The van der Waals surface area contributed by atoms with Crippen LogP contribution in [0.25, 0.3) is 0 Å². The molecule has 0 fully saturated rings. The first-order chi connectivity index (χ1) is 19.5. The molecule has 0 saturated carbocycles. The van der Waals surface area contributed by atoms with Crippen molar-refractivity contribution in [2.45, 2.75) is 58.0 Å². The normalized spacial score (nSPS) is 12.0. The van der Waals surface area contributed by atoms with Gasteiger partial charge in [-0.05, 0) is 91.9 Å². The number of sulfonamides is 1. The minimum atomic E-state index is -4.17. The molecule has 2 amide bonds. The van der Waals surface area contributed by atoms with Gasteiger partial charge < -0.3 is 15.0 Å². The predicted molar refractivity (Wildman–Crippen MR) is 163 cm³/mol. The molecule has 0 aliphatic heterocycles. The number of rotatable bonds is 13. The summed E-state index contributed by atoms with van der Waals surface area (Å²) in [6.45, 7) is 7.64. The van der Waals surface area contributed by atoms with Crippen LogP contribution in [0.2, 0.25) is 5.02 Å². The van der Waals surface area contributed by atoms with Gasteiger partial charge in [0.2, 0.25) is 11.8 Å². The summed E-state index contributed by atoms with van der Waals surface area (Å²) in [5.41, 5.74) is 2.96. The number of nitrogens with zero attached hydrogens (tertiary/aromatic N) is 2. The number of benzene rings is 3. The number of carbonyl (C=O) groups excluding carboxylic acids is 2. The number of methoxy groups -OCH3 is 1. The second-order valence-electron chi connectivity index (χ2n) is 9.82. The maximum atomic E-state index is 14.1. The lowest BCUT2D eigenvalue weighted by Gasteiger charge is -2.33. The monoisotopic (exact) mass is 599 g/mol. The highest BCUT2D eigenvalue weighted by molar-refractivity contribution is 7.92. The number of amides is 2. The van der Waals surface area contributed by atoms with Crippen molar-refractivity contribution in [2.75, 3.05) is 24.5 Å². The molecule has 3 aromatic carbocycles. The third-order valence-corrected chi connectivity index (χ3v) is 8.92. The quantitative estimate of drug-likeness (QED) is 0.280. The Morgan fingerprint density at radius 2 is 1.68 bits per heavy atom. The molecule has 0 spiro atoms. The fourth-order valence-electron chi connectivity index (χ4n) is 4.40.